The van der Waals surface area contributed by atoms with E-state index in [1.165, 1.54) is 0 Å². The number of anilines is 1. The fraction of sp³-hybridized carbons (Fsp3) is 0.0588. The van der Waals surface area contributed by atoms with E-state index in [1.807, 2.05) is 66.2 Å². The highest BCUT2D eigenvalue weighted by atomic mass is 16.1. The van der Waals surface area contributed by atoms with Crippen LogP contribution in [-0.4, -0.2) is 15.5 Å². The molecule has 4 nitrogen and oxygen atoms in total. The van der Waals surface area contributed by atoms with E-state index in [9.17, 15) is 4.79 Å². The van der Waals surface area contributed by atoms with Crippen LogP contribution in [0.15, 0.2) is 67.3 Å². The summed E-state index contributed by atoms with van der Waals surface area (Å²) in [4.78, 5) is 16.2. The Hall–Kier alpha value is -2.88. The van der Waals surface area contributed by atoms with Gasteiger partial charge in [-0.25, -0.2) is 4.98 Å². The van der Waals surface area contributed by atoms with Crippen molar-refractivity contribution in [1.82, 2.24) is 9.55 Å². The molecule has 4 heteroatoms. The molecule has 1 N–H and O–H groups in total. The molecule has 1 amide bonds. The van der Waals surface area contributed by atoms with E-state index in [0.29, 0.717) is 5.56 Å². The number of rotatable bonds is 3. The fourth-order valence-electron chi connectivity index (χ4n) is 2.12. The molecule has 104 valence electrons. The third-order valence-electron chi connectivity index (χ3n) is 3.21. The van der Waals surface area contributed by atoms with Crippen molar-refractivity contribution in [2.75, 3.05) is 5.32 Å². The first-order valence-electron chi connectivity index (χ1n) is 6.69. The lowest BCUT2D eigenvalue weighted by Gasteiger charge is -2.07. The highest BCUT2D eigenvalue weighted by Crippen LogP contribution is 2.14. The molecule has 3 aromatic rings. The smallest absolute Gasteiger partial charge is 0.255 e. The zero-order chi connectivity index (χ0) is 14.7. The van der Waals surface area contributed by atoms with Gasteiger partial charge in [0, 0.05) is 29.3 Å². The first-order valence-corrected chi connectivity index (χ1v) is 6.69. The molecule has 0 atom stereocenters. The van der Waals surface area contributed by atoms with Gasteiger partial charge in [-0.15, -0.1) is 0 Å². The van der Waals surface area contributed by atoms with Crippen LogP contribution < -0.4 is 5.32 Å². The maximum Gasteiger partial charge on any atom is 0.255 e. The third kappa shape index (κ3) is 3.00. The van der Waals surface area contributed by atoms with Crippen molar-refractivity contribution in [3.8, 4) is 5.69 Å². The van der Waals surface area contributed by atoms with Crippen molar-refractivity contribution in [3.05, 3.63) is 78.4 Å². The van der Waals surface area contributed by atoms with E-state index in [2.05, 4.69) is 10.3 Å². The molecule has 1 heterocycles. The van der Waals surface area contributed by atoms with Gasteiger partial charge in [0.2, 0.25) is 0 Å². The van der Waals surface area contributed by atoms with Crippen LogP contribution in [0.25, 0.3) is 5.69 Å². The van der Waals surface area contributed by atoms with E-state index < -0.39 is 0 Å². The number of hydrogen-bond acceptors (Lipinski definition) is 2. The largest absolute Gasteiger partial charge is 0.322 e. The number of carbonyl (C=O) groups is 1. The number of aryl methyl sites for hydroxylation is 1. The van der Waals surface area contributed by atoms with Crippen LogP contribution in [0.5, 0.6) is 0 Å². The number of carbonyl (C=O) groups excluding carboxylic acids is 1. The summed E-state index contributed by atoms with van der Waals surface area (Å²) in [5.74, 6) is -0.103. The molecule has 0 aliphatic carbocycles. The van der Waals surface area contributed by atoms with Gasteiger partial charge in [-0.05, 0) is 43.3 Å². The normalized spacial score (nSPS) is 10.3. The second kappa shape index (κ2) is 5.63. The van der Waals surface area contributed by atoms with Crippen LogP contribution in [-0.2, 0) is 0 Å². The molecular formula is C17H15N3O. The van der Waals surface area contributed by atoms with Crippen LogP contribution in [0.4, 0.5) is 5.69 Å². The van der Waals surface area contributed by atoms with E-state index >= 15 is 0 Å². The second-order valence-electron chi connectivity index (χ2n) is 4.84. The van der Waals surface area contributed by atoms with Crippen LogP contribution in [0, 0.1) is 6.92 Å². The van der Waals surface area contributed by atoms with Crippen molar-refractivity contribution in [2.24, 2.45) is 0 Å². The summed E-state index contributed by atoms with van der Waals surface area (Å²) in [5.41, 5.74) is 3.50. The van der Waals surface area contributed by atoms with Crippen molar-refractivity contribution in [1.29, 1.82) is 0 Å². The lowest BCUT2D eigenvalue weighted by molar-refractivity contribution is 0.102. The monoisotopic (exact) mass is 277 g/mol. The van der Waals surface area contributed by atoms with E-state index in [0.717, 1.165) is 16.9 Å². The predicted molar refractivity (Wildman–Crippen MR) is 82.7 cm³/mol. The minimum absolute atomic E-state index is 0.103. The standard InChI is InChI=1S/C17H15N3O/c1-13-3-2-4-14(11-13)17(21)19-15-5-7-16(8-6-15)20-10-9-18-12-20/h2-12H,1H3,(H,19,21). The molecule has 0 aliphatic rings. The Bertz CT molecular complexity index is 746. The molecule has 1 aromatic heterocycles. The van der Waals surface area contributed by atoms with Crippen molar-refractivity contribution in [2.45, 2.75) is 6.92 Å². The molecule has 0 radical (unpaired) electrons. The van der Waals surface area contributed by atoms with Crippen LogP contribution in [0.2, 0.25) is 0 Å². The summed E-state index contributed by atoms with van der Waals surface area (Å²) in [6, 6.07) is 15.2. The summed E-state index contributed by atoms with van der Waals surface area (Å²) in [5, 5.41) is 2.89. The Balaban J connectivity index is 1.75. The summed E-state index contributed by atoms with van der Waals surface area (Å²) in [7, 11) is 0. The molecule has 0 aliphatic heterocycles. The second-order valence-corrected chi connectivity index (χ2v) is 4.84. The summed E-state index contributed by atoms with van der Waals surface area (Å²) in [6.45, 7) is 1.97. The minimum Gasteiger partial charge on any atom is -0.322 e. The van der Waals surface area contributed by atoms with Gasteiger partial charge in [-0.1, -0.05) is 17.7 Å². The van der Waals surface area contributed by atoms with E-state index in [1.54, 1.807) is 12.5 Å². The number of nitrogens with zero attached hydrogens (tertiary/aromatic N) is 2. The highest BCUT2D eigenvalue weighted by molar-refractivity contribution is 6.04. The van der Waals surface area contributed by atoms with Gasteiger partial charge in [-0.3, -0.25) is 4.79 Å². The van der Waals surface area contributed by atoms with Crippen molar-refractivity contribution in [3.63, 3.8) is 0 Å². The van der Waals surface area contributed by atoms with Crippen molar-refractivity contribution < 1.29 is 4.79 Å². The average molecular weight is 277 g/mol. The Morgan fingerprint density at radius 1 is 1.14 bits per heavy atom. The Morgan fingerprint density at radius 2 is 1.95 bits per heavy atom. The van der Waals surface area contributed by atoms with E-state index in [4.69, 9.17) is 0 Å². The Morgan fingerprint density at radius 3 is 2.62 bits per heavy atom. The van der Waals surface area contributed by atoms with Gasteiger partial charge in [-0.2, -0.15) is 0 Å². The maximum absolute atomic E-state index is 12.2. The summed E-state index contributed by atoms with van der Waals surface area (Å²) >= 11 is 0. The predicted octanol–water partition coefficient (Wildman–Crippen LogP) is 3.43. The third-order valence-corrected chi connectivity index (χ3v) is 3.21. The molecule has 0 spiro atoms. The van der Waals surface area contributed by atoms with Gasteiger partial charge >= 0.3 is 0 Å². The summed E-state index contributed by atoms with van der Waals surface area (Å²) in [6.07, 6.45) is 5.34. The van der Waals surface area contributed by atoms with Gasteiger partial charge < -0.3 is 9.88 Å². The number of amides is 1. The maximum atomic E-state index is 12.2. The zero-order valence-corrected chi connectivity index (χ0v) is 11.7. The molecule has 0 saturated heterocycles. The Kier molecular flexibility index (Phi) is 3.51. The van der Waals surface area contributed by atoms with Gasteiger partial charge in [0.1, 0.15) is 0 Å². The fourth-order valence-corrected chi connectivity index (χ4v) is 2.12. The van der Waals surface area contributed by atoms with E-state index in [-0.39, 0.29) is 5.91 Å². The molecule has 0 unspecified atom stereocenters. The molecule has 3 rings (SSSR count). The van der Waals surface area contributed by atoms with Gasteiger partial charge in [0.15, 0.2) is 0 Å². The van der Waals surface area contributed by atoms with Crippen LogP contribution >= 0.6 is 0 Å². The molecule has 0 saturated carbocycles. The molecule has 0 bridgehead atoms. The lowest BCUT2D eigenvalue weighted by Crippen LogP contribution is -2.11. The van der Waals surface area contributed by atoms with Crippen LogP contribution in [0.1, 0.15) is 15.9 Å². The first-order chi connectivity index (χ1) is 10.2. The molecule has 21 heavy (non-hydrogen) atoms. The number of benzene rings is 2. The molecule has 0 fully saturated rings. The highest BCUT2D eigenvalue weighted by Gasteiger charge is 2.06. The Labute approximate surface area is 123 Å². The van der Waals surface area contributed by atoms with Crippen molar-refractivity contribution >= 4 is 11.6 Å². The topological polar surface area (TPSA) is 46.9 Å². The number of nitrogens with one attached hydrogen (secondary N) is 1. The lowest BCUT2D eigenvalue weighted by atomic mass is 10.1. The first kappa shape index (κ1) is 13.1. The quantitative estimate of drug-likeness (QED) is 0.797. The SMILES string of the molecule is Cc1cccc(C(=O)Nc2ccc(-n3ccnc3)cc2)c1. The average Bonchev–Trinajstić information content (AvgIpc) is 3.02. The van der Waals surface area contributed by atoms with Crippen LogP contribution in [0.3, 0.4) is 0 Å². The zero-order valence-electron chi connectivity index (χ0n) is 11.7. The molecular weight excluding hydrogens is 262 g/mol. The molecule has 2 aromatic carbocycles. The number of hydrogen-bond donors (Lipinski definition) is 1. The summed E-state index contributed by atoms with van der Waals surface area (Å²) < 4.78 is 1.91. The number of imidazole rings is 1. The van der Waals surface area contributed by atoms with Gasteiger partial charge in [0.05, 0.1) is 6.33 Å². The van der Waals surface area contributed by atoms with Gasteiger partial charge in [0.25, 0.3) is 5.91 Å². The minimum atomic E-state index is -0.103. The number of aromatic nitrogens is 2.